The van der Waals surface area contributed by atoms with Crippen molar-refractivity contribution in [3.8, 4) is 0 Å². The number of amides is 1. The van der Waals surface area contributed by atoms with Crippen LogP contribution in [0.15, 0.2) is 0 Å². The summed E-state index contributed by atoms with van der Waals surface area (Å²) in [6.07, 6.45) is 4.50. The first kappa shape index (κ1) is 9.52. The summed E-state index contributed by atoms with van der Waals surface area (Å²) in [4.78, 5) is 13.2. The lowest BCUT2D eigenvalue weighted by molar-refractivity contribution is -0.120. The molecule has 0 bridgehead atoms. The number of rotatable bonds is 3. The zero-order valence-corrected chi connectivity index (χ0v) is 7.51. The Labute approximate surface area is 74.1 Å². The third kappa shape index (κ3) is 3.22. The van der Waals surface area contributed by atoms with Crippen LogP contribution in [0.4, 0.5) is 0 Å². The van der Waals surface area contributed by atoms with Gasteiger partial charge in [0.2, 0.25) is 5.91 Å². The van der Waals surface area contributed by atoms with Crippen molar-refractivity contribution in [3.05, 3.63) is 7.05 Å². The predicted molar refractivity (Wildman–Crippen MR) is 48.4 cm³/mol. The molecule has 3 nitrogen and oxygen atoms in total. The summed E-state index contributed by atoms with van der Waals surface area (Å²) >= 11 is 0. The van der Waals surface area contributed by atoms with Crippen molar-refractivity contribution in [2.75, 3.05) is 19.6 Å². The summed E-state index contributed by atoms with van der Waals surface area (Å²) in [7, 11) is 3.33. The van der Waals surface area contributed by atoms with Crippen LogP contribution in [-0.2, 0) is 4.79 Å². The van der Waals surface area contributed by atoms with Gasteiger partial charge >= 0.3 is 0 Å². The van der Waals surface area contributed by atoms with Gasteiger partial charge in [0.1, 0.15) is 0 Å². The Hall–Kier alpha value is -0.570. The topological polar surface area (TPSA) is 32.3 Å². The minimum absolute atomic E-state index is 0.0422. The molecule has 0 aromatic heterocycles. The summed E-state index contributed by atoms with van der Waals surface area (Å²) in [6.45, 7) is 3.20. The molecule has 0 aliphatic carbocycles. The summed E-state index contributed by atoms with van der Waals surface area (Å²) in [5, 5.41) is 2.39. The van der Waals surface area contributed by atoms with E-state index in [0.717, 1.165) is 19.6 Å². The van der Waals surface area contributed by atoms with Gasteiger partial charge in [0.05, 0.1) is 0 Å². The number of hydrogen-bond donors (Lipinski definition) is 1. The van der Waals surface area contributed by atoms with E-state index in [-0.39, 0.29) is 5.91 Å². The van der Waals surface area contributed by atoms with E-state index in [2.05, 4.69) is 17.3 Å². The van der Waals surface area contributed by atoms with E-state index in [0.29, 0.717) is 6.42 Å². The van der Waals surface area contributed by atoms with Gasteiger partial charge < -0.3 is 10.2 Å². The lowest BCUT2D eigenvalue weighted by Crippen LogP contribution is -2.33. The van der Waals surface area contributed by atoms with E-state index in [1.807, 2.05) is 0 Å². The third-order valence-electron chi connectivity index (χ3n) is 2.30. The highest BCUT2D eigenvalue weighted by Gasteiger charge is 2.10. The zero-order valence-electron chi connectivity index (χ0n) is 7.51. The highest BCUT2D eigenvalue weighted by atomic mass is 16.1. The smallest absolute Gasteiger partial charge is 0.221 e. The Morgan fingerprint density at radius 1 is 1.33 bits per heavy atom. The van der Waals surface area contributed by atoms with Gasteiger partial charge in [-0.3, -0.25) is 4.79 Å². The Balaban J connectivity index is 2.09. The van der Waals surface area contributed by atoms with Gasteiger partial charge in [-0.05, 0) is 25.9 Å². The first-order chi connectivity index (χ1) is 5.83. The number of piperidine rings is 1. The minimum atomic E-state index is 0.0422. The molecule has 0 aromatic rings. The van der Waals surface area contributed by atoms with Crippen LogP contribution in [0.5, 0.6) is 0 Å². The molecule has 1 heterocycles. The van der Waals surface area contributed by atoms with Crippen molar-refractivity contribution in [1.82, 2.24) is 10.2 Å². The van der Waals surface area contributed by atoms with Gasteiger partial charge in [0.15, 0.2) is 0 Å². The van der Waals surface area contributed by atoms with Crippen LogP contribution in [0.25, 0.3) is 0 Å². The largest absolute Gasteiger partial charge is 0.354 e. The summed E-state index contributed by atoms with van der Waals surface area (Å²) in [6, 6.07) is 0. The molecule has 12 heavy (non-hydrogen) atoms. The fourth-order valence-corrected chi connectivity index (χ4v) is 1.53. The summed E-state index contributed by atoms with van der Waals surface area (Å²) < 4.78 is 0. The average molecular weight is 169 g/mol. The lowest BCUT2D eigenvalue weighted by atomic mass is 10.1. The number of carbonyl (C=O) groups excluding carboxylic acids is 1. The molecular formula is C9H17N2O. The van der Waals surface area contributed by atoms with Gasteiger partial charge in [0, 0.05) is 20.0 Å². The fraction of sp³-hybridized carbons (Fsp3) is 0.778. The molecule has 1 rings (SSSR count). The van der Waals surface area contributed by atoms with Gasteiger partial charge in [-0.2, -0.15) is 0 Å². The van der Waals surface area contributed by atoms with Crippen LogP contribution >= 0.6 is 0 Å². The molecule has 0 spiro atoms. The highest BCUT2D eigenvalue weighted by molar-refractivity contribution is 5.76. The van der Waals surface area contributed by atoms with Crippen molar-refractivity contribution in [3.63, 3.8) is 0 Å². The number of likely N-dealkylation sites (tertiary alicyclic amines) is 1. The van der Waals surface area contributed by atoms with Crippen molar-refractivity contribution in [2.45, 2.75) is 25.7 Å². The molecule has 0 atom stereocenters. The zero-order chi connectivity index (χ0) is 8.81. The second kappa shape index (κ2) is 5.14. The fourth-order valence-electron chi connectivity index (χ4n) is 1.53. The van der Waals surface area contributed by atoms with E-state index >= 15 is 0 Å². The molecule has 1 aliphatic rings. The second-order valence-corrected chi connectivity index (χ2v) is 3.25. The van der Waals surface area contributed by atoms with Crippen LogP contribution in [0.1, 0.15) is 25.7 Å². The van der Waals surface area contributed by atoms with Crippen LogP contribution < -0.4 is 5.32 Å². The number of nitrogens with zero attached hydrogens (tertiary/aromatic N) is 1. The highest BCUT2D eigenvalue weighted by Crippen LogP contribution is 2.08. The van der Waals surface area contributed by atoms with E-state index < -0.39 is 0 Å². The molecule has 1 amide bonds. The standard InChI is InChI=1S/C9H17N2O/c1-10-9(12)5-8-11-6-3-2-4-7-11/h1-8H2,(H,10,12). The maximum absolute atomic E-state index is 10.9. The van der Waals surface area contributed by atoms with Crippen LogP contribution in [0, 0.1) is 7.05 Å². The van der Waals surface area contributed by atoms with Gasteiger partial charge in [-0.1, -0.05) is 6.42 Å². The van der Waals surface area contributed by atoms with Crippen molar-refractivity contribution < 1.29 is 4.79 Å². The van der Waals surface area contributed by atoms with E-state index in [9.17, 15) is 4.79 Å². The molecular weight excluding hydrogens is 152 g/mol. The normalized spacial score (nSPS) is 19.1. The average Bonchev–Trinajstić information content (AvgIpc) is 2.16. The predicted octanol–water partition coefficient (Wildman–Crippen LogP) is 0.770. The first-order valence-electron chi connectivity index (χ1n) is 4.61. The van der Waals surface area contributed by atoms with Gasteiger partial charge in [0.25, 0.3) is 0 Å². The quantitative estimate of drug-likeness (QED) is 0.677. The Morgan fingerprint density at radius 3 is 2.58 bits per heavy atom. The van der Waals surface area contributed by atoms with Gasteiger partial charge in [-0.15, -0.1) is 0 Å². The minimum Gasteiger partial charge on any atom is -0.354 e. The molecule has 1 saturated heterocycles. The molecule has 1 radical (unpaired) electrons. The molecule has 0 unspecified atom stereocenters. The number of carbonyl (C=O) groups is 1. The lowest BCUT2D eigenvalue weighted by Gasteiger charge is -2.25. The van der Waals surface area contributed by atoms with Crippen LogP contribution in [-0.4, -0.2) is 30.4 Å². The first-order valence-corrected chi connectivity index (χ1v) is 4.61. The number of nitrogens with one attached hydrogen (secondary N) is 1. The molecule has 1 N–H and O–H groups in total. The van der Waals surface area contributed by atoms with Crippen LogP contribution in [0.2, 0.25) is 0 Å². The van der Waals surface area contributed by atoms with Crippen molar-refractivity contribution in [2.24, 2.45) is 0 Å². The van der Waals surface area contributed by atoms with Gasteiger partial charge in [-0.25, -0.2) is 0 Å². The molecule has 1 fully saturated rings. The Kier molecular flexibility index (Phi) is 4.08. The van der Waals surface area contributed by atoms with E-state index in [1.54, 1.807) is 0 Å². The number of hydrogen-bond acceptors (Lipinski definition) is 2. The van der Waals surface area contributed by atoms with Crippen molar-refractivity contribution in [1.29, 1.82) is 0 Å². The molecule has 69 valence electrons. The Morgan fingerprint density at radius 2 is 2.00 bits per heavy atom. The third-order valence-corrected chi connectivity index (χ3v) is 2.30. The molecule has 3 heteroatoms. The van der Waals surface area contributed by atoms with Crippen LogP contribution in [0.3, 0.4) is 0 Å². The molecule has 0 aromatic carbocycles. The second-order valence-electron chi connectivity index (χ2n) is 3.25. The summed E-state index contributed by atoms with van der Waals surface area (Å²) in [5.41, 5.74) is 0. The summed E-state index contributed by atoms with van der Waals surface area (Å²) in [5.74, 6) is 0.0422. The van der Waals surface area contributed by atoms with E-state index in [4.69, 9.17) is 0 Å². The Bertz CT molecular complexity index is 141. The van der Waals surface area contributed by atoms with Crippen molar-refractivity contribution >= 4 is 5.91 Å². The molecule has 1 aliphatic heterocycles. The monoisotopic (exact) mass is 169 g/mol. The molecule has 0 saturated carbocycles. The maximum atomic E-state index is 10.9. The van der Waals surface area contributed by atoms with E-state index in [1.165, 1.54) is 19.3 Å². The maximum Gasteiger partial charge on any atom is 0.221 e. The SMILES string of the molecule is [CH2]NC(=O)CCN1CCCCC1.